The molecule has 0 unspecified atom stereocenters. The summed E-state index contributed by atoms with van der Waals surface area (Å²) in [5.41, 5.74) is 0.862. The summed E-state index contributed by atoms with van der Waals surface area (Å²) in [6.45, 7) is 6.17. The van der Waals surface area contributed by atoms with Gasteiger partial charge in [-0.05, 0) is 37.5 Å². The maximum absolute atomic E-state index is 12.5. The maximum atomic E-state index is 12.5. The Bertz CT molecular complexity index is 971. The van der Waals surface area contributed by atoms with E-state index in [9.17, 15) is 14.4 Å². The molecular weight excluding hydrogens is 416 g/mol. The van der Waals surface area contributed by atoms with Crippen LogP contribution in [0, 0.1) is 5.92 Å². The molecule has 1 aromatic carbocycles. The minimum Gasteiger partial charge on any atom is -0.466 e. The Hall–Kier alpha value is -3.56. The van der Waals surface area contributed by atoms with Crippen molar-refractivity contribution in [2.45, 2.75) is 46.2 Å². The van der Waals surface area contributed by atoms with Gasteiger partial charge in [0.15, 0.2) is 11.5 Å². The number of nitrogens with one attached hydrogen (secondary N) is 2. The number of carbonyl (C=O) groups is 3. The molecule has 172 valence electrons. The average molecular weight is 444 g/mol. The predicted molar refractivity (Wildman–Crippen MR) is 115 cm³/mol. The van der Waals surface area contributed by atoms with Crippen molar-refractivity contribution in [1.29, 1.82) is 0 Å². The lowest BCUT2D eigenvalue weighted by Gasteiger charge is -2.19. The van der Waals surface area contributed by atoms with Crippen LogP contribution in [0.3, 0.4) is 0 Å². The number of aromatic nitrogens is 2. The van der Waals surface area contributed by atoms with Crippen LogP contribution < -0.4 is 20.1 Å². The largest absolute Gasteiger partial charge is 0.466 e. The van der Waals surface area contributed by atoms with E-state index in [4.69, 9.17) is 14.2 Å². The van der Waals surface area contributed by atoms with E-state index in [-0.39, 0.29) is 43.6 Å². The molecule has 0 bridgehead atoms. The Morgan fingerprint density at radius 1 is 1.22 bits per heavy atom. The fraction of sp³-hybridized carbons (Fsp3) is 0.455. The molecule has 10 heteroatoms. The average Bonchev–Trinajstić information content (AvgIpc) is 3.35. The molecule has 1 aliphatic heterocycles. The van der Waals surface area contributed by atoms with E-state index in [2.05, 4.69) is 15.7 Å². The second-order valence-electron chi connectivity index (χ2n) is 7.85. The van der Waals surface area contributed by atoms with Crippen LogP contribution in [0.25, 0.3) is 0 Å². The molecule has 1 aliphatic rings. The molecule has 1 atom stereocenters. The highest BCUT2D eigenvalue weighted by molar-refractivity contribution is 6.04. The number of hydrogen-bond donors (Lipinski definition) is 2. The lowest BCUT2D eigenvalue weighted by molar-refractivity contribution is -0.143. The second kappa shape index (κ2) is 10.7. The molecule has 0 aliphatic carbocycles. The molecule has 10 nitrogen and oxygen atoms in total. The van der Waals surface area contributed by atoms with Crippen molar-refractivity contribution in [2.75, 3.05) is 18.7 Å². The highest BCUT2D eigenvalue weighted by Gasteiger charge is 2.20. The number of esters is 1. The van der Waals surface area contributed by atoms with Crippen LogP contribution in [0.5, 0.6) is 11.5 Å². The second-order valence-corrected chi connectivity index (χ2v) is 7.85. The number of nitrogens with zero attached hydrogens (tertiary/aromatic N) is 2. The van der Waals surface area contributed by atoms with Gasteiger partial charge in [-0.25, -0.2) is 0 Å². The molecule has 0 spiro atoms. The van der Waals surface area contributed by atoms with Gasteiger partial charge in [0, 0.05) is 17.8 Å². The quantitative estimate of drug-likeness (QED) is 0.540. The fourth-order valence-corrected chi connectivity index (χ4v) is 3.36. The van der Waals surface area contributed by atoms with Crippen LogP contribution in [0.4, 0.5) is 5.69 Å². The van der Waals surface area contributed by atoms with Gasteiger partial charge in [0.25, 0.3) is 5.91 Å². The summed E-state index contributed by atoms with van der Waals surface area (Å²) < 4.78 is 16.9. The Labute approximate surface area is 186 Å². The molecule has 2 heterocycles. The third-order valence-electron chi connectivity index (χ3n) is 4.67. The number of benzene rings is 1. The molecule has 32 heavy (non-hydrogen) atoms. The van der Waals surface area contributed by atoms with Gasteiger partial charge in [-0.2, -0.15) is 5.10 Å². The first-order chi connectivity index (χ1) is 15.3. The van der Waals surface area contributed by atoms with Crippen LogP contribution in [0.2, 0.25) is 0 Å². The molecule has 0 radical (unpaired) electrons. The van der Waals surface area contributed by atoms with Gasteiger partial charge in [-0.3, -0.25) is 19.1 Å². The van der Waals surface area contributed by atoms with Crippen LogP contribution in [-0.4, -0.2) is 47.0 Å². The summed E-state index contributed by atoms with van der Waals surface area (Å²) in [5.74, 6) is 0.460. The van der Waals surface area contributed by atoms with Crippen LogP contribution in [0.15, 0.2) is 30.6 Å². The minimum absolute atomic E-state index is 0.0443. The first-order valence-corrected chi connectivity index (χ1v) is 10.5. The zero-order chi connectivity index (χ0) is 23.1. The minimum atomic E-state index is -0.342. The van der Waals surface area contributed by atoms with Gasteiger partial charge >= 0.3 is 5.97 Å². The normalized spacial score (nSPS) is 13.0. The summed E-state index contributed by atoms with van der Waals surface area (Å²) in [6, 6.07) is 4.60. The van der Waals surface area contributed by atoms with Crippen LogP contribution in [-0.2, 0) is 20.9 Å². The van der Waals surface area contributed by atoms with Crippen molar-refractivity contribution in [2.24, 2.45) is 5.92 Å². The lowest BCUT2D eigenvalue weighted by atomic mass is 10.0. The van der Waals surface area contributed by atoms with E-state index < -0.39 is 0 Å². The van der Waals surface area contributed by atoms with Gasteiger partial charge in [0.2, 0.25) is 12.7 Å². The van der Waals surface area contributed by atoms with Crippen molar-refractivity contribution in [3.8, 4) is 11.5 Å². The smallest absolute Gasteiger partial charge is 0.307 e. The van der Waals surface area contributed by atoms with Crippen LogP contribution >= 0.6 is 0 Å². The molecular formula is C22H28N4O6. The van der Waals surface area contributed by atoms with Crippen molar-refractivity contribution in [1.82, 2.24) is 15.1 Å². The zero-order valence-electron chi connectivity index (χ0n) is 18.4. The number of anilines is 1. The van der Waals surface area contributed by atoms with E-state index in [0.717, 1.165) is 0 Å². The van der Waals surface area contributed by atoms with Gasteiger partial charge < -0.3 is 24.8 Å². The van der Waals surface area contributed by atoms with Crippen molar-refractivity contribution < 1.29 is 28.6 Å². The predicted octanol–water partition coefficient (Wildman–Crippen LogP) is 2.35. The third-order valence-corrected chi connectivity index (χ3v) is 4.67. The molecule has 3 rings (SSSR count). The SMILES string of the molecule is CCOC(=O)C[C@H](CC(C)C)NC(=O)Cn1cc(NC(=O)c2ccc3c(c2)OCO3)cn1. The number of carbonyl (C=O) groups excluding carboxylic acids is 3. The number of fused-ring (bicyclic) bond motifs is 1. The first-order valence-electron chi connectivity index (χ1n) is 10.5. The number of ether oxygens (including phenoxy) is 3. The highest BCUT2D eigenvalue weighted by atomic mass is 16.7. The molecule has 1 aromatic heterocycles. The Balaban J connectivity index is 1.54. The van der Waals surface area contributed by atoms with Crippen molar-refractivity contribution in [3.63, 3.8) is 0 Å². The van der Waals surface area contributed by atoms with E-state index in [0.29, 0.717) is 41.7 Å². The van der Waals surface area contributed by atoms with Crippen molar-refractivity contribution >= 4 is 23.5 Å². The number of amides is 2. The van der Waals surface area contributed by atoms with E-state index in [1.165, 1.54) is 10.9 Å². The van der Waals surface area contributed by atoms with Crippen molar-refractivity contribution in [3.05, 3.63) is 36.2 Å². The van der Waals surface area contributed by atoms with E-state index in [1.54, 1.807) is 31.3 Å². The topological polar surface area (TPSA) is 121 Å². The summed E-state index contributed by atoms with van der Waals surface area (Å²) in [5, 5.41) is 9.73. The molecule has 2 N–H and O–H groups in total. The number of rotatable bonds is 10. The third kappa shape index (κ3) is 6.47. The number of hydrogen-bond acceptors (Lipinski definition) is 7. The Kier molecular flexibility index (Phi) is 7.69. The molecule has 0 saturated heterocycles. The maximum Gasteiger partial charge on any atom is 0.307 e. The molecule has 2 amide bonds. The molecule has 0 fully saturated rings. The fourth-order valence-electron chi connectivity index (χ4n) is 3.36. The summed E-state index contributed by atoms with van der Waals surface area (Å²) in [6.07, 6.45) is 3.80. The summed E-state index contributed by atoms with van der Waals surface area (Å²) in [7, 11) is 0. The molecule has 0 saturated carbocycles. The Morgan fingerprint density at radius 2 is 2.00 bits per heavy atom. The van der Waals surface area contributed by atoms with E-state index >= 15 is 0 Å². The first kappa shape index (κ1) is 23.1. The highest BCUT2D eigenvalue weighted by Crippen LogP contribution is 2.32. The summed E-state index contributed by atoms with van der Waals surface area (Å²) in [4.78, 5) is 36.8. The van der Waals surface area contributed by atoms with Gasteiger partial charge in [0.05, 0.1) is 24.9 Å². The van der Waals surface area contributed by atoms with Gasteiger partial charge in [-0.15, -0.1) is 0 Å². The van der Waals surface area contributed by atoms with Crippen LogP contribution in [0.1, 0.15) is 44.0 Å². The lowest BCUT2D eigenvalue weighted by Crippen LogP contribution is -2.39. The van der Waals surface area contributed by atoms with Gasteiger partial charge in [-0.1, -0.05) is 13.8 Å². The molecule has 2 aromatic rings. The zero-order valence-corrected chi connectivity index (χ0v) is 18.4. The monoisotopic (exact) mass is 444 g/mol. The van der Waals surface area contributed by atoms with E-state index in [1.807, 2.05) is 13.8 Å². The Morgan fingerprint density at radius 3 is 2.75 bits per heavy atom. The van der Waals surface area contributed by atoms with Gasteiger partial charge in [0.1, 0.15) is 6.54 Å². The standard InChI is InChI=1S/C22H28N4O6/c1-4-30-21(28)9-16(7-14(2)3)24-20(27)12-26-11-17(10-23-26)25-22(29)15-5-6-18-19(8-15)32-13-31-18/h5-6,8,10-11,14,16H,4,7,9,12-13H2,1-3H3,(H,24,27)(H,25,29)/t16-/m0/s1. The summed E-state index contributed by atoms with van der Waals surface area (Å²) >= 11 is 0.